The number of aromatic nitrogens is 2. The number of hydrogen-bond acceptors (Lipinski definition) is 6. The van der Waals surface area contributed by atoms with Crippen molar-refractivity contribution in [1.82, 2.24) is 9.97 Å². The minimum atomic E-state index is -0.243. The molecule has 0 saturated heterocycles. The van der Waals surface area contributed by atoms with Crippen LogP contribution in [0.15, 0.2) is 65.2 Å². The highest BCUT2D eigenvalue weighted by Crippen LogP contribution is 2.35. The molecule has 0 radical (unpaired) electrons. The van der Waals surface area contributed by atoms with Crippen molar-refractivity contribution >= 4 is 22.9 Å². The molecule has 4 aromatic rings. The molecule has 5 rings (SSSR count). The van der Waals surface area contributed by atoms with Crippen LogP contribution in [0.1, 0.15) is 31.3 Å². The van der Waals surface area contributed by atoms with E-state index in [4.69, 9.17) is 4.42 Å². The van der Waals surface area contributed by atoms with E-state index in [0.29, 0.717) is 32.7 Å². The standard InChI is InChI=1S/C20H10N2O3S/c23-16-12-8-4-5-9-13(12)17(24)18-15(16)22-20(26-18)19-21-10-14(25-19)11-6-2-1-3-7-11/h1-10H. The van der Waals surface area contributed by atoms with E-state index in [2.05, 4.69) is 9.97 Å². The zero-order chi connectivity index (χ0) is 17.7. The van der Waals surface area contributed by atoms with Gasteiger partial charge < -0.3 is 4.42 Å². The first-order valence-electron chi connectivity index (χ1n) is 7.93. The van der Waals surface area contributed by atoms with Crippen LogP contribution in [0.25, 0.3) is 22.2 Å². The molecule has 1 aliphatic carbocycles. The monoisotopic (exact) mass is 358 g/mol. The minimum Gasteiger partial charge on any atom is -0.434 e. The van der Waals surface area contributed by atoms with Crippen molar-refractivity contribution in [3.05, 3.63) is 82.5 Å². The molecule has 0 amide bonds. The number of fused-ring (bicyclic) bond motifs is 2. The first-order valence-corrected chi connectivity index (χ1v) is 8.75. The van der Waals surface area contributed by atoms with E-state index in [-0.39, 0.29) is 17.3 Å². The Balaban J connectivity index is 1.59. The van der Waals surface area contributed by atoms with E-state index in [1.165, 1.54) is 0 Å². The third kappa shape index (κ3) is 2.16. The number of nitrogens with zero attached hydrogens (tertiary/aromatic N) is 2. The van der Waals surface area contributed by atoms with Crippen molar-refractivity contribution in [3.63, 3.8) is 0 Å². The average molecular weight is 358 g/mol. The molecule has 0 fully saturated rings. The largest absolute Gasteiger partial charge is 0.434 e. The zero-order valence-electron chi connectivity index (χ0n) is 13.3. The second-order valence-electron chi connectivity index (χ2n) is 5.80. The first-order chi connectivity index (χ1) is 12.7. The van der Waals surface area contributed by atoms with Gasteiger partial charge in [-0.2, -0.15) is 0 Å². The highest BCUT2D eigenvalue weighted by Gasteiger charge is 2.34. The van der Waals surface area contributed by atoms with Crippen LogP contribution in [0.5, 0.6) is 0 Å². The maximum absolute atomic E-state index is 12.7. The predicted octanol–water partition coefficient (Wildman–Crippen LogP) is 4.24. The lowest BCUT2D eigenvalue weighted by atomic mass is 9.91. The number of ketones is 2. The summed E-state index contributed by atoms with van der Waals surface area (Å²) in [5.41, 5.74) is 1.87. The Morgan fingerprint density at radius 2 is 1.54 bits per heavy atom. The molecule has 5 nitrogen and oxygen atoms in total. The molecule has 0 aliphatic heterocycles. The van der Waals surface area contributed by atoms with E-state index in [1.807, 2.05) is 30.3 Å². The molecular formula is C20H10N2O3S. The molecule has 26 heavy (non-hydrogen) atoms. The van der Waals surface area contributed by atoms with Gasteiger partial charge in [-0.15, -0.1) is 11.3 Å². The molecule has 124 valence electrons. The number of benzene rings is 2. The van der Waals surface area contributed by atoms with Gasteiger partial charge in [0.15, 0.2) is 10.8 Å². The summed E-state index contributed by atoms with van der Waals surface area (Å²) in [6, 6.07) is 16.4. The van der Waals surface area contributed by atoms with Gasteiger partial charge >= 0.3 is 0 Å². The number of rotatable bonds is 2. The maximum Gasteiger partial charge on any atom is 0.256 e. The van der Waals surface area contributed by atoms with Crippen molar-refractivity contribution < 1.29 is 14.0 Å². The molecular weight excluding hydrogens is 348 g/mol. The summed E-state index contributed by atoms with van der Waals surface area (Å²) in [6.45, 7) is 0. The molecule has 0 saturated carbocycles. The molecule has 0 atom stereocenters. The molecule has 6 heteroatoms. The van der Waals surface area contributed by atoms with Crippen LogP contribution in [0.3, 0.4) is 0 Å². The van der Waals surface area contributed by atoms with Gasteiger partial charge in [0.25, 0.3) is 5.89 Å². The highest BCUT2D eigenvalue weighted by molar-refractivity contribution is 7.17. The van der Waals surface area contributed by atoms with E-state index < -0.39 is 0 Å². The van der Waals surface area contributed by atoms with Crippen LogP contribution in [0, 0.1) is 0 Å². The topological polar surface area (TPSA) is 73.1 Å². The van der Waals surface area contributed by atoms with Gasteiger partial charge in [-0.1, -0.05) is 54.6 Å². The fourth-order valence-electron chi connectivity index (χ4n) is 2.96. The van der Waals surface area contributed by atoms with Crippen LogP contribution in [-0.4, -0.2) is 21.5 Å². The van der Waals surface area contributed by atoms with Crippen molar-refractivity contribution in [3.8, 4) is 22.2 Å². The van der Waals surface area contributed by atoms with E-state index in [1.54, 1.807) is 30.5 Å². The van der Waals surface area contributed by atoms with Crippen molar-refractivity contribution in [1.29, 1.82) is 0 Å². The summed E-state index contributed by atoms with van der Waals surface area (Å²) < 4.78 is 5.80. The Labute approximate surface area is 152 Å². The Morgan fingerprint density at radius 3 is 2.31 bits per heavy atom. The maximum atomic E-state index is 12.7. The van der Waals surface area contributed by atoms with Gasteiger partial charge in [0, 0.05) is 16.7 Å². The summed E-state index contributed by atoms with van der Waals surface area (Å²) in [6.07, 6.45) is 1.61. The quantitative estimate of drug-likeness (QED) is 0.472. The summed E-state index contributed by atoms with van der Waals surface area (Å²) >= 11 is 1.13. The number of thiazole rings is 1. The zero-order valence-corrected chi connectivity index (χ0v) is 14.1. The molecule has 0 N–H and O–H groups in total. The third-order valence-electron chi connectivity index (χ3n) is 4.21. The van der Waals surface area contributed by atoms with E-state index >= 15 is 0 Å². The molecule has 1 aliphatic rings. The second-order valence-corrected chi connectivity index (χ2v) is 6.80. The van der Waals surface area contributed by atoms with Gasteiger partial charge in [-0.25, -0.2) is 9.97 Å². The molecule has 2 aromatic carbocycles. The van der Waals surface area contributed by atoms with Crippen molar-refractivity contribution in [2.45, 2.75) is 0 Å². The second kappa shape index (κ2) is 5.57. The lowest BCUT2D eigenvalue weighted by molar-refractivity contribution is 0.0979. The summed E-state index contributed by atoms with van der Waals surface area (Å²) in [7, 11) is 0. The SMILES string of the molecule is O=C1c2ccccc2C(=O)c2sc(-c3ncc(-c4ccccc4)o3)nc21. The Kier molecular flexibility index (Phi) is 3.20. The van der Waals surface area contributed by atoms with Gasteiger partial charge in [-0.3, -0.25) is 9.59 Å². The molecule has 0 unspecified atom stereocenters. The summed E-state index contributed by atoms with van der Waals surface area (Å²) in [5, 5.41) is 0.423. The Morgan fingerprint density at radius 1 is 0.846 bits per heavy atom. The van der Waals surface area contributed by atoms with Crippen LogP contribution in [0.4, 0.5) is 0 Å². The predicted molar refractivity (Wildman–Crippen MR) is 96.4 cm³/mol. The van der Waals surface area contributed by atoms with Gasteiger partial charge in [0.05, 0.1) is 6.20 Å². The molecule has 2 heterocycles. The summed E-state index contributed by atoms with van der Waals surface area (Å²) in [5.74, 6) is 0.476. The van der Waals surface area contributed by atoms with Crippen molar-refractivity contribution in [2.75, 3.05) is 0 Å². The van der Waals surface area contributed by atoms with Crippen LogP contribution >= 0.6 is 11.3 Å². The molecule has 2 aromatic heterocycles. The average Bonchev–Trinajstić information content (AvgIpc) is 3.34. The van der Waals surface area contributed by atoms with Gasteiger partial charge in [0.2, 0.25) is 11.6 Å². The third-order valence-corrected chi connectivity index (χ3v) is 5.25. The Bertz CT molecular complexity index is 1120. The minimum absolute atomic E-state index is 0.174. The highest BCUT2D eigenvalue weighted by atomic mass is 32.1. The molecule has 0 spiro atoms. The van der Waals surface area contributed by atoms with Gasteiger partial charge in [-0.05, 0) is 0 Å². The number of carbonyl (C=O) groups excluding carboxylic acids is 2. The van der Waals surface area contributed by atoms with Crippen LogP contribution in [0.2, 0.25) is 0 Å². The number of oxazole rings is 1. The molecule has 0 bridgehead atoms. The van der Waals surface area contributed by atoms with Crippen LogP contribution in [-0.2, 0) is 0 Å². The van der Waals surface area contributed by atoms with Gasteiger partial charge in [0.1, 0.15) is 10.6 Å². The number of hydrogen-bond donors (Lipinski definition) is 0. The fraction of sp³-hybridized carbons (Fsp3) is 0. The fourth-order valence-corrected chi connectivity index (χ4v) is 3.91. The van der Waals surface area contributed by atoms with Crippen molar-refractivity contribution in [2.24, 2.45) is 0 Å². The Hall–Kier alpha value is -3.38. The number of carbonyl (C=O) groups is 2. The van der Waals surface area contributed by atoms with E-state index in [9.17, 15) is 9.59 Å². The normalized spacial score (nSPS) is 12.8. The smallest absolute Gasteiger partial charge is 0.256 e. The lowest BCUT2D eigenvalue weighted by Crippen LogP contribution is -2.19. The summed E-state index contributed by atoms with van der Waals surface area (Å²) in [4.78, 5) is 34.3. The first kappa shape index (κ1) is 14.9. The van der Waals surface area contributed by atoms with E-state index in [0.717, 1.165) is 16.9 Å². The lowest BCUT2D eigenvalue weighted by Gasteiger charge is -2.11. The van der Waals surface area contributed by atoms with Crippen LogP contribution < -0.4 is 0 Å².